The number of nitrogens with zero attached hydrogens (tertiary/aromatic N) is 1. The zero-order valence-corrected chi connectivity index (χ0v) is 10.6. The van der Waals surface area contributed by atoms with Crippen molar-refractivity contribution < 1.29 is 5.11 Å². The molecule has 0 saturated heterocycles. The van der Waals surface area contributed by atoms with Crippen molar-refractivity contribution in [2.24, 2.45) is 0 Å². The molecule has 3 heteroatoms. The number of aryl methyl sites for hydroxylation is 3. The fourth-order valence-corrected chi connectivity index (χ4v) is 2.59. The van der Waals surface area contributed by atoms with Gasteiger partial charge in [0.1, 0.15) is 0 Å². The minimum Gasteiger partial charge on any atom is -0.391 e. The second kappa shape index (κ2) is 4.36. The van der Waals surface area contributed by atoms with Gasteiger partial charge >= 0.3 is 0 Å². The lowest BCUT2D eigenvalue weighted by Gasteiger charge is -2.05. The van der Waals surface area contributed by atoms with Crippen molar-refractivity contribution in [2.45, 2.75) is 27.4 Å². The average Bonchev–Trinajstić information content (AvgIpc) is 2.63. The highest BCUT2D eigenvalue weighted by molar-refractivity contribution is 7.12. The lowest BCUT2D eigenvalue weighted by molar-refractivity contribution is 0.286. The highest BCUT2D eigenvalue weighted by Crippen LogP contribution is 2.30. The van der Waals surface area contributed by atoms with Gasteiger partial charge in [0.2, 0.25) is 0 Å². The van der Waals surface area contributed by atoms with E-state index >= 15 is 0 Å². The largest absolute Gasteiger partial charge is 0.391 e. The van der Waals surface area contributed by atoms with Crippen molar-refractivity contribution in [3.8, 4) is 11.3 Å². The van der Waals surface area contributed by atoms with Crippen LogP contribution in [0.3, 0.4) is 0 Å². The number of benzene rings is 1. The summed E-state index contributed by atoms with van der Waals surface area (Å²) in [5.74, 6) is 0. The van der Waals surface area contributed by atoms with E-state index in [1.807, 2.05) is 6.92 Å². The fraction of sp³-hybridized carbons (Fsp3) is 0.308. The second-order valence-electron chi connectivity index (χ2n) is 3.98. The molecule has 0 saturated carbocycles. The lowest BCUT2D eigenvalue weighted by atomic mass is 10.0. The number of aliphatic hydroxyl groups is 1. The Hall–Kier alpha value is -1.19. The first-order chi connectivity index (χ1) is 7.61. The van der Waals surface area contributed by atoms with Gasteiger partial charge < -0.3 is 5.11 Å². The van der Waals surface area contributed by atoms with E-state index in [0.717, 1.165) is 21.1 Å². The monoisotopic (exact) mass is 233 g/mol. The van der Waals surface area contributed by atoms with E-state index in [2.05, 4.69) is 37.0 Å². The van der Waals surface area contributed by atoms with Gasteiger partial charge in [0, 0.05) is 5.56 Å². The van der Waals surface area contributed by atoms with Crippen LogP contribution >= 0.6 is 11.3 Å². The molecule has 2 rings (SSSR count). The minimum atomic E-state index is 0.0637. The molecule has 0 spiro atoms. The molecular weight excluding hydrogens is 218 g/mol. The van der Waals surface area contributed by atoms with Crippen LogP contribution in [0.4, 0.5) is 0 Å². The molecule has 0 fully saturated rings. The minimum absolute atomic E-state index is 0.0637. The van der Waals surface area contributed by atoms with Crippen molar-refractivity contribution in [1.82, 2.24) is 4.98 Å². The molecule has 0 bridgehead atoms. The third kappa shape index (κ3) is 2.01. The summed E-state index contributed by atoms with van der Waals surface area (Å²) < 4.78 is 0. The molecule has 0 unspecified atom stereocenters. The Morgan fingerprint density at radius 3 is 2.69 bits per heavy atom. The highest BCUT2D eigenvalue weighted by Gasteiger charge is 2.12. The summed E-state index contributed by atoms with van der Waals surface area (Å²) in [4.78, 5) is 5.46. The first kappa shape index (κ1) is 11.3. The number of rotatable bonds is 2. The SMILES string of the molecule is Cc1ccc(C)c(-c2nc(C)sc2CO)c1. The summed E-state index contributed by atoms with van der Waals surface area (Å²) in [5, 5.41) is 10.3. The molecule has 1 heterocycles. The van der Waals surface area contributed by atoms with Crippen LogP contribution in [0, 0.1) is 20.8 Å². The lowest BCUT2D eigenvalue weighted by Crippen LogP contribution is -1.89. The molecule has 0 aliphatic carbocycles. The van der Waals surface area contributed by atoms with E-state index in [-0.39, 0.29) is 6.61 Å². The summed E-state index contributed by atoms with van der Waals surface area (Å²) >= 11 is 1.56. The molecule has 2 nitrogen and oxygen atoms in total. The predicted molar refractivity (Wildman–Crippen MR) is 67.7 cm³/mol. The number of aromatic nitrogens is 1. The molecule has 16 heavy (non-hydrogen) atoms. The summed E-state index contributed by atoms with van der Waals surface area (Å²) in [6.45, 7) is 6.18. The average molecular weight is 233 g/mol. The summed E-state index contributed by atoms with van der Waals surface area (Å²) in [5.41, 5.74) is 4.49. The number of thiazole rings is 1. The van der Waals surface area contributed by atoms with Crippen LogP contribution in [0.2, 0.25) is 0 Å². The molecule has 1 aromatic carbocycles. The topological polar surface area (TPSA) is 33.1 Å². The molecule has 0 radical (unpaired) electrons. The van der Waals surface area contributed by atoms with Crippen molar-refractivity contribution >= 4 is 11.3 Å². The number of hydrogen-bond donors (Lipinski definition) is 1. The molecule has 0 atom stereocenters. The van der Waals surface area contributed by atoms with Crippen LogP contribution in [0.1, 0.15) is 21.0 Å². The zero-order chi connectivity index (χ0) is 11.7. The Bertz CT molecular complexity index is 517. The van der Waals surface area contributed by atoms with Gasteiger partial charge in [-0.05, 0) is 32.4 Å². The molecule has 0 aliphatic rings. The molecule has 2 aromatic rings. The Kier molecular flexibility index (Phi) is 3.08. The summed E-state index contributed by atoms with van der Waals surface area (Å²) in [7, 11) is 0. The van der Waals surface area contributed by atoms with Gasteiger partial charge in [0.25, 0.3) is 0 Å². The third-order valence-electron chi connectivity index (χ3n) is 2.60. The van der Waals surface area contributed by atoms with E-state index in [0.29, 0.717) is 0 Å². The third-order valence-corrected chi connectivity index (χ3v) is 3.55. The van der Waals surface area contributed by atoms with Crippen LogP contribution in [0.25, 0.3) is 11.3 Å². The van der Waals surface area contributed by atoms with Crippen molar-refractivity contribution in [3.63, 3.8) is 0 Å². The maximum Gasteiger partial charge on any atom is 0.0905 e. The molecule has 0 amide bonds. The summed E-state index contributed by atoms with van der Waals surface area (Å²) in [6.07, 6.45) is 0. The maximum absolute atomic E-state index is 9.32. The smallest absolute Gasteiger partial charge is 0.0905 e. The second-order valence-corrected chi connectivity index (χ2v) is 5.27. The number of hydrogen-bond acceptors (Lipinski definition) is 3. The van der Waals surface area contributed by atoms with Crippen LogP contribution in [0.15, 0.2) is 18.2 Å². The molecule has 84 valence electrons. The Morgan fingerprint density at radius 2 is 2.00 bits per heavy atom. The van der Waals surface area contributed by atoms with Gasteiger partial charge in [-0.15, -0.1) is 11.3 Å². The van der Waals surface area contributed by atoms with Crippen LogP contribution < -0.4 is 0 Å². The van der Waals surface area contributed by atoms with Crippen LogP contribution in [0.5, 0.6) is 0 Å². The van der Waals surface area contributed by atoms with Crippen LogP contribution in [-0.2, 0) is 6.61 Å². The van der Waals surface area contributed by atoms with E-state index in [4.69, 9.17) is 0 Å². The van der Waals surface area contributed by atoms with Gasteiger partial charge in [-0.2, -0.15) is 0 Å². The Morgan fingerprint density at radius 1 is 1.25 bits per heavy atom. The Labute approximate surface area is 99.6 Å². The van der Waals surface area contributed by atoms with Gasteiger partial charge in [0.15, 0.2) is 0 Å². The van der Waals surface area contributed by atoms with E-state index in [1.54, 1.807) is 11.3 Å². The fourth-order valence-electron chi connectivity index (χ4n) is 1.78. The van der Waals surface area contributed by atoms with Gasteiger partial charge in [0.05, 0.1) is 22.2 Å². The first-order valence-electron chi connectivity index (χ1n) is 5.26. The molecule has 1 N–H and O–H groups in total. The van der Waals surface area contributed by atoms with Crippen molar-refractivity contribution in [1.29, 1.82) is 0 Å². The highest BCUT2D eigenvalue weighted by atomic mass is 32.1. The van der Waals surface area contributed by atoms with E-state index in [1.165, 1.54) is 11.1 Å². The predicted octanol–water partition coefficient (Wildman–Crippen LogP) is 3.23. The van der Waals surface area contributed by atoms with Gasteiger partial charge in [-0.1, -0.05) is 17.7 Å². The van der Waals surface area contributed by atoms with E-state index < -0.39 is 0 Å². The standard InChI is InChI=1S/C13H15NOS/c1-8-4-5-9(2)11(6-8)13-12(7-15)16-10(3)14-13/h4-6,15H,7H2,1-3H3. The van der Waals surface area contributed by atoms with Crippen molar-refractivity contribution in [3.05, 3.63) is 39.2 Å². The molecular formula is C13H15NOS. The normalized spacial score (nSPS) is 10.8. The maximum atomic E-state index is 9.32. The van der Waals surface area contributed by atoms with Gasteiger partial charge in [-0.3, -0.25) is 0 Å². The van der Waals surface area contributed by atoms with Crippen LogP contribution in [-0.4, -0.2) is 10.1 Å². The molecule has 0 aliphatic heterocycles. The number of aliphatic hydroxyl groups excluding tert-OH is 1. The van der Waals surface area contributed by atoms with Gasteiger partial charge in [-0.25, -0.2) is 4.98 Å². The quantitative estimate of drug-likeness (QED) is 0.864. The summed E-state index contributed by atoms with van der Waals surface area (Å²) in [6, 6.07) is 6.32. The Balaban J connectivity index is 2.61. The van der Waals surface area contributed by atoms with E-state index in [9.17, 15) is 5.11 Å². The molecule has 1 aromatic heterocycles. The first-order valence-corrected chi connectivity index (χ1v) is 6.08. The zero-order valence-electron chi connectivity index (χ0n) is 9.74. The van der Waals surface area contributed by atoms with Crippen molar-refractivity contribution in [2.75, 3.05) is 0 Å².